The van der Waals surface area contributed by atoms with E-state index in [4.69, 9.17) is 9.84 Å². The van der Waals surface area contributed by atoms with E-state index in [1.807, 2.05) is 0 Å². The van der Waals surface area contributed by atoms with Crippen molar-refractivity contribution in [2.24, 2.45) is 11.8 Å². The molecule has 1 aliphatic carbocycles. The molecule has 114 valence electrons. The SMILES string of the molecule is CC(C)C1(OC(=O)/C=C/C(=O)O)CCC(C(F)(F)F)C1. The topological polar surface area (TPSA) is 63.6 Å². The number of rotatable bonds is 4. The van der Waals surface area contributed by atoms with Crippen LogP contribution in [-0.4, -0.2) is 28.8 Å². The van der Waals surface area contributed by atoms with E-state index in [1.165, 1.54) is 0 Å². The van der Waals surface area contributed by atoms with Crippen molar-refractivity contribution in [3.8, 4) is 0 Å². The molecule has 1 N–H and O–H groups in total. The van der Waals surface area contributed by atoms with Crippen molar-refractivity contribution in [3.63, 3.8) is 0 Å². The van der Waals surface area contributed by atoms with Gasteiger partial charge in [-0.15, -0.1) is 0 Å². The van der Waals surface area contributed by atoms with Gasteiger partial charge in [-0.25, -0.2) is 9.59 Å². The molecule has 0 heterocycles. The van der Waals surface area contributed by atoms with Gasteiger partial charge in [0.25, 0.3) is 0 Å². The second-order valence-electron chi connectivity index (χ2n) is 5.29. The van der Waals surface area contributed by atoms with Crippen LogP contribution >= 0.6 is 0 Å². The summed E-state index contributed by atoms with van der Waals surface area (Å²) in [6.45, 7) is 3.37. The van der Waals surface area contributed by atoms with E-state index in [1.54, 1.807) is 13.8 Å². The highest BCUT2D eigenvalue weighted by Gasteiger charge is 2.53. The van der Waals surface area contributed by atoms with Gasteiger partial charge in [0.15, 0.2) is 0 Å². The van der Waals surface area contributed by atoms with E-state index < -0.39 is 29.6 Å². The number of carbonyl (C=O) groups is 2. The Hall–Kier alpha value is -1.53. The largest absolute Gasteiger partial charge is 0.478 e. The number of carboxylic acid groups (broad SMARTS) is 1. The summed E-state index contributed by atoms with van der Waals surface area (Å²) in [5, 5.41) is 8.40. The predicted molar refractivity (Wildman–Crippen MR) is 63.8 cm³/mol. The predicted octanol–water partition coefficient (Wildman–Crippen LogP) is 2.93. The van der Waals surface area contributed by atoms with Gasteiger partial charge in [0.05, 0.1) is 5.92 Å². The summed E-state index contributed by atoms with van der Waals surface area (Å²) in [5.74, 6) is -4.01. The minimum Gasteiger partial charge on any atom is -0.478 e. The Morgan fingerprint density at radius 1 is 1.35 bits per heavy atom. The van der Waals surface area contributed by atoms with Crippen LogP contribution in [0.25, 0.3) is 0 Å². The average molecular weight is 294 g/mol. The molecule has 7 heteroatoms. The van der Waals surface area contributed by atoms with Crippen LogP contribution in [0.4, 0.5) is 13.2 Å². The second kappa shape index (κ2) is 5.85. The van der Waals surface area contributed by atoms with Crippen LogP contribution in [0.2, 0.25) is 0 Å². The van der Waals surface area contributed by atoms with Gasteiger partial charge in [-0.05, 0) is 25.2 Å². The number of esters is 1. The minimum atomic E-state index is -4.31. The summed E-state index contributed by atoms with van der Waals surface area (Å²) in [6, 6.07) is 0. The van der Waals surface area contributed by atoms with Crippen LogP contribution in [0.15, 0.2) is 12.2 Å². The van der Waals surface area contributed by atoms with Gasteiger partial charge in [-0.2, -0.15) is 13.2 Å². The molecule has 2 atom stereocenters. The minimum absolute atomic E-state index is 0.0857. The fourth-order valence-corrected chi connectivity index (χ4v) is 2.43. The lowest BCUT2D eigenvalue weighted by atomic mass is 9.87. The molecule has 1 saturated carbocycles. The molecule has 2 unspecified atom stereocenters. The number of carboxylic acids is 1. The Bertz CT molecular complexity index is 414. The number of aliphatic carboxylic acids is 1. The average Bonchev–Trinajstić information content (AvgIpc) is 2.71. The smallest absolute Gasteiger partial charge is 0.391 e. The van der Waals surface area contributed by atoms with Crippen LogP contribution in [-0.2, 0) is 14.3 Å². The number of alkyl halides is 3. The standard InChI is InChI=1S/C13H17F3O4/c1-8(2)12(20-11(19)4-3-10(17)18)6-5-9(7-12)13(14,15)16/h3-4,8-9H,5-7H2,1-2H3,(H,17,18)/b4-3+. The Labute approximate surface area is 114 Å². The van der Waals surface area contributed by atoms with Crippen molar-refractivity contribution in [3.05, 3.63) is 12.2 Å². The maximum atomic E-state index is 12.7. The molecule has 0 aromatic heterocycles. The lowest BCUT2D eigenvalue weighted by Crippen LogP contribution is -2.38. The van der Waals surface area contributed by atoms with Crippen molar-refractivity contribution in [1.82, 2.24) is 0 Å². The fraction of sp³-hybridized carbons (Fsp3) is 0.692. The van der Waals surface area contributed by atoms with Gasteiger partial charge in [0.1, 0.15) is 5.60 Å². The zero-order valence-corrected chi connectivity index (χ0v) is 11.2. The summed E-state index contributed by atoms with van der Waals surface area (Å²) in [4.78, 5) is 21.8. The fourth-order valence-electron chi connectivity index (χ4n) is 2.43. The molecule has 1 aliphatic rings. The van der Waals surface area contributed by atoms with Crippen molar-refractivity contribution < 1.29 is 32.6 Å². The zero-order valence-electron chi connectivity index (χ0n) is 11.2. The number of ether oxygens (including phenoxy) is 1. The van der Waals surface area contributed by atoms with Crippen molar-refractivity contribution in [1.29, 1.82) is 0 Å². The van der Waals surface area contributed by atoms with Crippen LogP contribution in [0.1, 0.15) is 33.1 Å². The second-order valence-corrected chi connectivity index (χ2v) is 5.29. The summed E-state index contributed by atoms with van der Waals surface area (Å²) in [7, 11) is 0. The van der Waals surface area contributed by atoms with E-state index >= 15 is 0 Å². The van der Waals surface area contributed by atoms with Crippen molar-refractivity contribution >= 4 is 11.9 Å². The molecule has 20 heavy (non-hydrogen) atoms. The first-order valence-electron chi connectivity index (χ1n) is 6.27. The first-order valence-corrected chi connectivity index (χ1v) is 6.27. The lowest BCUT2D eigenvalue weighted by Gasteiger charge is -2.33. The molecule has 1 rings (SSSR count). The third-order valence-electron chi connectivity index (χ3n) is 3.69. The molecular formula is C13H17F3O4. The molecule has 0 aromatic rings. The maximum absolute atomic E-state index is 12.7. The monoisotopic (exact) mass is 294 g/mol. The molecule has 0 aliphatic heterocycles. The van der Waals surface area contributed by atoms with Gasteiger partial charge in [0.2, 0.25) is 0 Å². The molecule has 0 spiro atoms. The van der Waals surface area contributed by atoms with Gasteiger partial charge in [-0.1, -0.05) is 13.8 Å². The maximum Gasteiger partial charge on any atom is 0.391 e. The van der Waals surface area contributed by atoms with E-state index in [2.05, 4.69) is 0 Å². The Morgan fingerprint density at radius 2 is 1.95 bits per heavy atom. The first-order chi connectivity index (χ1) is 9.07. The molecular weight excluding hydrogens is 277 g/mol. The summed E-state index contributed by atoms with van der Waals surface area (Å²) in [5.41, 5.74) is -1.18. The van der Waals surface area contributed by atoms with Crippen molar-refractivity contribution in [2.75, 3.05) is 0 Å². The first kappa shape index (κ1) is 16.5. The summed E-state index contributed by atoms with van der Waals surface area (Å²) < 4.78 is 43.3. The number of carbonyl (C=O) groups excluding carboxylic acids is 1. The van der Waals surface area contributed by atoms with Crippen LogP contribution in [0.3, 0.4) is 0 Å². The summed E-state index contributed by atoms with van der Waals surface area (Å²) in [6.07, 6.45) is -3.22. The van der Waals surface area contributed by atoms with Gasteiger partial charge in [0, 0.05) is 12.2 Å². The summed E-state index contributed by atoms with van der Waals surface area (Å²) >= 11 is 0. The molecule has 0 amide bonds. The Kier molecular flexibility index (Phi) is 4.83. The lowest BCUT2D eigenvalue weighted by molar-refractivity contribution is -0.183. The quantitative estimate of drug-likeness (QED) is 0.639. The van der Waals surface area contributed by atoms with Crippen LogP contribution in [0.5, 0.6) is 0 Å². The Balaban J connectivity index is 2.81. The third-order valence-corrected chi connectivity index (χ3v) is 3.69. The van der Waals surface area contributed by atoms with E-state index in [9.17, 15) is 22.8 Å². The van der Waals surface area contributed by atoms with E-state index in [0.29, 0.717) is 12.2 Å². The molecule has 0 aromatic carbocycles. The zero-order chi connectivity index (χ0) is 15.6. The number of hydrogen-bond donors (Lipinski definition) is 1. The molecule has 0 saturated heterocycles. The molecule has 0 radical (unpaired) electrons. The van der Waals surface area contributed by atoms with E-state index in [-0.39, 0.29) is 25.2 Å². The highest BCUT2D eigenvalue weighted by molar-refractivity contribution is 5.90. The van der Waals surface area contributed by atoms with E-state index in [0.717, 1.165) is 0 Å². The van der Waals surface area contributed by atoms with Gasteiger partial charge < -0.3 is 9.84 Å². The van der Waals surface area contributed by atoms with Gasteiger partial charge >= 0.3 is 18.1 Å². The van der Waals surface area contributed by atoms with Crippen LogP contribution in [0, 0.1) is 11.8 Å². The van der Waals surface area contributed by atoms with Crippen molar-refractivity contribution in [2.45, 2.75) is 44.9 Å². The highest BCUT2D eigenvalue weighted by atomic mass is 19.4. The van der Waals surface area contributed by atoms with Crippen LogP contribution < -0.4 is 0 Å². The molecule has 0 bridgehead atoms. The molecule has 1 fully saturated rings. The normalized spacial score (nSPS) is 27.2. The number of hydrogen-bond acceptors (Lipinski definition) is 3. The highest BCUT2D eigenvalue weighted by Crippen LogP contribution is 2.48. The van der Waals surface area contributed by atoms with Gasteiger partial charge in [-0.3, -0.25) is 0 Å². The number of halogens is 3. The Morgan fingerprint density at radius 3 is 2.35 bits per heavy atom. The third kappa shape index (κ3) is 3.98. The molecule has 4 nitrogen and oxygen atoms in total.